The van der Waals surface area contributed by atoms with Crippen LogP contribution in [0, 0.1) is 5.92 Å². The van der Waals surface area contributed by atoms with Crippen LogP contribution in [0.5, 0.6) is 5.75 Å². The molecule has 0 spiro atoms. The van der Waals surface area contributed by atoms with Gasteiger partial charge in [0.1, 0.15) is 5.75 Å². The zero-order valence-electron chi connectivity index (χ0n) is 13.9. The van der Waals surface area contributed by atoms with E-state index in [-0.39, 0.29) is 11.8 Å². The molecule has 1 aromatic carbocycles. The molecule has 1 saturated carbocycles. The first-order valence-electron chi connectivity index (χ1n) is 8.12. The van der Waals surface area contributed by atoms with E-state index in [1.807, 2.05) is 30.3 Å². The number of pyridine rings is 1. The molecule has 0 saturated heterocycles. The summed E-state index contributed by atoms with van der Waals surface area (Å²) >= 11 is 0. The standard InChI is InChI=1S/C18H22N2O3S/c1-3-24(21,22)20-18(14-4-5-14)16-10-15(11-19-12-16)13-6-8-17(23-2)9-7-13/h6-12,14,18,20H,3-5H2,1-2H3. The molecule has 1 aliphatic rings. The number of nitrogens with zero attached hydrogens (tertiary/aromatic N) is 1. The molecular weight excluding hydrogens is 324 g/mol. The Morgan fingerprint density at radius 2 is 1.92 bits per heavy atom. The second-order valence-electron chi connectivity index (χ2n) is 6.07. The molecule has 1 atom stereocenters. The summed E-state index contributed by atoms with van der Waals surface area (Å²) in [6.07, 6.45) is 5.64. The molecule has 3 rings (SSSR count). The Bertz CT molecular complexity index is 799. The van der Waals surface area contributed by atoms with Gasteiger partial charge < -0.3 is 4.74 Å². The van der Waals surface area contributed by atoms with Crippen molar-refractivity contribution in [3.05, 3.63) is 48.3 Å². The highest BCUT2D eigenvalue weighted by atomic mass is 32.2. The zero-order valence-corrected chi connectivity index (χ0v) is 14.7. The minimum absolute atomic E-state index is 0.0851. The molecule has 1 N–H and O–H groups in total. The molecule has 1 unspecified atom stereocenters. The zero-order chi connectivity index (χ0) is 17.2. The van der Waals surface area contributed by atoms with E-state index in [0.29, 0.717) is 5.92 Å². The molecule has 0 bridgehead atoms. The lowest BCUT2D eigenvalue weighted by Crippen LogP contribution is -2.31. The van der Waals surface area contributed by atoms with Gasteiger partial charge >= 0.3 is 0 Å². The van der Waals surface area contributed by atoms with Crippen molar-refractivity contribution in [2.75, 3.05) is 12.9 Å². The van der Waals surface area contributed by atoms with Gasteiger partial charge in [0.05, 0.1) is 18.9 Å². The van der Waals surface area contributed by atoms with Crippen LogP contribution >= 0.6 is 0 Å². The van der Waals surface area contributed by atoms with Crippen molar-refractivity contribution in [1.29, 1.82) is 0 Å². The molecule has 128 valence electrons. The van der Waals surface area contributed by atoms with Crippen molar-refractivity contribution in [1.82, 2.24) is 9.71 Å². The van der Waals surface area contributed by atoms with Crippen LogP contribution in [0.1, 0.15) is 31.4 Å². The highest BCUT2D eigenvalue weighted by molar-refractivity contribution is 7.89. The number of ether oxygens (including phenoxy) is 1. The van der Waals surface area contributed by atoms with Crippen LogP contribution in [0.25, 0.3) is 11.1 Å². The third kappa shape index (κ3) is 3.94. The molecule has 1 heterocycles. The summed E-state index contributed by atoms with van der Waals surface area (Å²) in [6.45, 7) is 1.65. The summed E-state index contributed by atoms with van der Waals surface area (Å²) in [5.74, 6) is 1.25. The maximum absolute atomic E-state index is 12.0. The van der Waals surface area contributed by atoms with Crippen molar-refractivity contribution in [2.24, 2.45) is 5.92 Å². The van der Waals surface area contributed by atoms with Gasteiger partial charge in [0.15, 0.2) is 0 Å². The van der Waals surface area contributed by atoms with Crippen molar-refractivity contribution in [2.45, 2.75) is 25.8 Å². The number of benzene rings is 1. The Hall–Kier alpha value is -1.92. The summed E-state index contributed by atoms with van der Waals surface area (Å²) < 4.78 is 32.0. The first kappa shape index (κ1) is 16.9. The molecule has 1 aliphatic carbocycles. The lowest BCUT2D eigenvalue weighted by Gasteiger charge is -2.18. The first-order valence-corrected chi connectivity index (χ1v) is 9.77. The van der Waals surface area contributed by atoms with Crippen LogP contribution in [0.3, 0.4) is 0 Å². The van der Waals surface area contributed by atoms with E-state index in [9.17, 15) is 8.42 Å². The lowest BCUT2D eigenvalue weighted by molar-refractivity contribution is 0.415. The van der Waals surface area contributed by atoms with Gasteiger partial charge in [-0.1, -0.05) is 12.1 Å². The SMILES string of the molecule is CCS(=O)(=O)NC(c1cncc(-c2ccc(OC)cc2)c1)C1CC1. The molecule has 1 aromatic heterocycles. The highest BCUT2D eigenvalue weighted by Gasteiger charge is 2.35. The Kier molecular flexibility index (Phi) is 4.87. The van der Waals surface area contributed by atoms with Gasteiger partial charge in [-0.15, -0.1) is 0 Å². The third-order valence-electron chi connectivity index (χ3n) is 4.32. The predicted molar refractivity (Wildman–Crippen MR) is 94.3 cm³/mol. The summed E-state index contributed by atoms with van der Waals surface area (Å²) in [6, 6.07) is 9.58. The topological polar surface area (TPSA) is 68.3 Å². The minimum Gasteiger partial charge on any atom is -0.497 e. The van der Waals surface area contributed by atoms with Crippen molar-refractivity contribution in [3.8, 4) is 16.9 Å². The van der Waals surface area contributed by atoms with Gasteiger partial charge in [-0.2, -0.15) is 0 Å². The Morgan fingerprint density at radius 1 is 1.21 bits per heavy atom. The van der Waals surface area contributed by atoms with Crippen LogP contribution in [-0.4, -0.2) is 26.3 Å². The summed E-state index contributed by atoms with van der Waals surface area (Å²) in [4.78, 5) is 4.32. The van der Waals surface area contributed by atoms with E-state index in [0.717, 1.165) is 35.3 Å². The molecule has 0 aliphatic heterocycles. The van der Waals surface area contributed by atoms with E-state index in [4.69, 9.17) is 4.74 Å². The first-order chi connectivity index (χ1) is 11.5. The maximum Gasteiger partial charge on any atom is 0.211 e. The normalized spacial score (nSPS) is 15.9. The third-order valence-corrected chi connectivity index (χ3v) is 5.69. The average Bonchev–Trinajstić information content (AvgIpc) is 3.45. The Balaban J connectivity index is 1.90. The largest absolute Gasteiger partial charge is 0.497 e. The number of methoxy groups -OCH3 is 1. The Morgan fingerprint density at radius 3 is 2.50 bits per heavy atom. The molecule has 0 radical (unpaired) electrons. The fraction of sp³-hybridized carbons (Fsp3) is 0.389. The second-order valence-corrected chi connectivity index (χ2v) is 8.11. The van der Waals surface area contributed by atoms with Gasteiger partial charge in [0.25, 0.3) is 0 Å². The quantitative estimate of drug-likeness (QED) is 0.836. The number of rotatable bonds is 7. The number of sulfonamides is 1. The minimum atomic E-state index is -3.25. The fourth-order valence-corrected chi connectivity index (χ4v) is 3.59. The highest BCUT2D eigenvalue weighted by Crippen LogP contribution is 2.41. The monoisotopic (exact) mass is 346 g/mol. The molecule has 1 fully saturated rings. The van der Waals surface area contributed by atoms with Gasteiger partial charge in [-0.05, 0) is 55.0 Å². The van der Waals surface area contributed by atoms with Gasteiger partial charge in [0.2, 0.25) is 10.0 Å². The van der Waals surface area contributed by atoms with E-state index in [1.54, 1.807) is 26.4 Å². The predicted octanol–water partition coefficient (Wildman–Crippen LogP) is 3.15. The lowest BCUT2D eigenvalue weighted by atomic mass is 10.0. The summed E-state index contributed by atoms with van der Waals surface area (Å²) in [7, 11) is -1.62. The number of nitrogens with one attached hydrogen (secondary N) is 1. The molecule has 5 nitrogen and oxygen atoms in total. The Labute approximate surface area is 143 Å². The van der Waals surface area contributed by atoms with E-state index >= 15 is 0 Å². The smallest absolute Gasteiger partial charge is 0.211 e. The summed E-state index contributed by atoms with van der Waals surface area (Å²) in [5.41, 5.74) is 2.91. The average molecular weight is 346 g/mol. The molecule has 2 aromatic rings. The van der Waals surface area contributed by atoms with Gasteiger partial charge in [0, 0.05) is 18.0 Å². The van der Waals surface area contributed by atoms with Crippen molar-refractivity contribution >= 4 is 10.0 Å². The van der Waals surface area contributed by atoms with E-state index < -0.39 is 10.0 Å². The molecule has 0 amide bonds. The van der Waals surface area contributed by atoms with Crippen LogP contribution in [0.15, 0.2) is 42.7 Å². The summed E-state index contributed by atoms with van der Waals surface area (Å²) in [5, 5.41) is 0. The fourth-order valence-electron chi connectivity index (χ4n) is 2.71. The van der Waals surface area contributed by atoms with Crippen molar-refractivity contribution < 1.29 is 13.2 Å². The van der Waals surface area contributed by atoms with Crippen LogP contribution in [0.2, 0.25) is 0 Å². The van der Waals surface area contributed by atoms with Crippen molar-refractivity contribution in [3.63, 3.8) is 0 Å². The maximum atomic E-state index is 12.0. The molecule has 24 heavy (non-hydrogen) atoms. The number of aromatic nitrogens is 1. The van der Waals surface area contributed by atoms with E-state index in [1.165, 1.54) is 0 Å². The van der Waals surface area contributed by atoms with Gasteiger partial charge in [-0.25, -0.2) is 13.1 Å². The van der Waals surface area contributed by atoms with E-state index in [2.05, 4.69) is 9.71 Å². The van der Waals surface area contributed by atoms with Crippen LogP contribution in [0.4, 0.5) is 0 Å². The second kappa shape index (κ2) is 6.91. The van der Waals surface area contributed by atoms with Crippen LogP contribution in [-0.2, 0) is 10.0 Å². The number of hydrogen-bond donors (Lipinski definition) is 1. The molecule has 6 heteroatoms. The number of hydrogen-bond acceptors (Lipinski definition) is 4. The molecular formula is C18H22N2O3S. The van der Waals surface area contributed by atoms with Gasteiger partial charge in [-0.3, -0.25) is 4.98 Å². The van der Waals surface area contributed by atoms with Crippen LogP contribution < -0.4 is 9.46 Å².